The lowest BCUT2D eigenvalue weighted by Gasteiger charge is -2.30. The highest BCUT2D eigenvalue weighted by molar-refractivity contribution is 5.98. The first-order valence-corrected chi connectivity index (χ1v) is 12.9. The summed E-state index contributed by atoms with van der Waals surface area (Å²) < 4.78 is 1.64. The number of fused-ring (bicyclic) bond motifs is 2. The Morgan fingerprint density at radius 2 is 2.03 bits per heavy atom. The zero-order chi connectivity index (χ0) is 24.9. The second-order valence-electron chi connectivity index (χ2n) is 10.0. The van der Waals surface area contributed by atoms with Gasteiger partial charge in [-0.05, 0) is 55.5 Å². The van der Waals surface area contributed by atoms with Crippen LogP contribution in [0.2, 0.25) is 0 Å². The summed E-state index contributed by atoms with van der Waals surface area (Å²) in [6.07, 6.45) is 9.27. The van der Waals surface area contributed by atoms with Gasteiger partial charge in [0.1, 0.15) is 11.7 Å². The van der Waals surface area contributed by atoms with Gasteiger partial charge in [0.05, 0.1) is 11.7 Å². The Balaban J connectivity index is 1.32. The van der Waals surface area contributed by atoms with Crippen molar-refractivity contribution in [2.75, 3.05) is 19.6 Å². The van der Waals surface area contributed by atoms with E-state index < -0.39 is 0 Å². The molecule has 4 aromatic rings. The molecular formula is C27H31N7O2. The van der Waals surface area contributed by atoms with Crippen molar-refractivity contribution in [3.63, 3.8) is 0 Å². The van der Waals surface area contributed by atoms with Crippen LogP contribution in [0, 0.1) is 0 Å². The number of likely N-dealkylation sites (tertiary alicyclic amines) is 2. The maximum Gasteiger partial charge on any atom is 0.245 e. The first-order valence-electron chi connectivity index (χ1n) is 12.9. The van der Waals surface area contributed by atoms with Gasteiger partial charge in [-0.3, -0.25) is 9.59 Å². The minimum Gasteiger partial charge on any atom is -0.343 e. The molecule has 2 fully saturated rings. The molecule has 4 aromatic heterocycles. The zero-order valence-corrected chi connectivity index (χ0v) is 20.8. The standard InChI is InChI=1S/C27H31N7O2/c1-3-24(35)33-13-6-8-22(33)26(36)32-14-10-27(4-2,17-32)23-15-19-18(9-12-28-25(19)31-23)20-16-30-34-21(20)7-5-11-29-34/h5,7,9,11-12,15-16,22H,3-4,6,8,10,13-14,17H2,1-2H3,(H,28,31)/t22-,27?/m1/s1. The normalized spacial score (nSPS) is 22.2. The number of nitrogens with zero attached hydrogens (tertiary/aromatic N) is 6. The third-order valence-electron chi connectivity index (χ3n) is 8.20. The predicted molar refractivity (Wildman–Crippen MR) is 136 cm³/mol. The van der Waals surface area contributed by atoms with Crippen LogP contribution >= 0.6 is 0 Å². The van der Waals surface area contributed by atoms with Crippen molar-refractivity contribution in [3.8, 4) is 11.1 Å². The highest BCUT2D eigenvalue weighted by Crippen LogP contribution is 2.41. The van der Waals surface area contributed by atoms with E-state index in [-0.39, 0.29) is 23.3 Å². The number of amides is 2. The van der Waals surface area contributed by atoms with Crippen LogP contribution < -0.4 is 0 Å². The quantitative estimate of drug-likeness (QED) is 0.466. The first-order chi connectivity index (χ1) is 17.5. The van der Waals surface area contributed by atoms with Crippen LogP contribution in [0.1, 0.15) is 51.6 Å². The minimum absolute atomic E-state index is 0.0731. The summed E-state index contributed by atoms with van der Waals surface area (Å²) >= 11 is 0. The molecule has 186 valence electrons. The molecule has 2 amide bonds. The van der Waals surface area contributed by atoms with Crippen LogP contribution in [0.5, 0.6) is 0 Å². The van der Waals surface area contributed by atoms with Crippen molar-refractivity contribution < 1.29 is 9.59 Å². The number of H-pyrrole nitrogens is 1. The van der Waals surface area contributed by atoms with E-state index >= 15 is 0 Å². The van der Waals surface area contributed by atoms with E-state index in [1.54, 1.807) is 15.7 Å². The molecule has 2 saturated heterocycles. The van der Waals surface area contributed by atoms with Gasteiger partial charge in [0.25, 0.3) is 0 Å². The van der Waals surface area contributed by atoms with Crippen LogP contribution in [0.4, 0.5) is 0 Å². The maximum atomic E-state index is 13.5. The second kappa shape index (κ2) is 8.72. The van der Waals surface area contributed by atoms with Crippen molar-refractivity contribution in [1.82, 2.24) is 34.6 Å². The van der Waals surface area contributed by atoms with Crippen molar-refractivity contribution in [2.24, 2.45) is 0 Å². The third kappa shape index (κ3) is 3.48. The Labute approximate surface area is 209 Å². The number of hydrogen-bond acceptors (Lipinski definition) is 5. The fourth-order valence-electron chi connectivity index (χ4n) is 6.08. The van der Waals surface area contributed by atoms with E-state index in [9.17, 15) is 9.59 Å². The van der Waals surface area contributed by atoms with Crippen molar-refractivity contribution in [2.45, 2.75) is 57.4 Å². The number of hydrogen-bond donors (Lipinski definition) is 1. The molecule has 0 aromatic carbocycles. The lowest BCUT2D eigenvalue weighted by atomic mass is 9.81. The van der Waals surface area contributed by atoms with Gasteiger partial charge in [0, 0.05) is 60.5 Å². The molecule has 1 N–H and O–H groups in total. The Bertz CT molecular complexity index is 1460. The molecule has 36 heavy (non-hydrogen) atoms. The van der Waals surface area contributed by atoms with Gasteiger partial charge >= 0.3 is 0 Å². The average molecular weight is 486 g/mol. The van der Waals surface area contributed by atoms with E-state index in [1.165, 1.54) is 0 Å². The van der Waals surface area contributed by atoms with Gasteiger partial charge in [-0.2, -0.15) is 14.8 Å². The highest BCUT2D eigenvalue weighted by Gasteiger charge is 2.44. The minimum atomic E-state index is -0.315. The van der Waals surface area contributed by atoms with Gasteiger partial charge in [-0.15, -0.1) is 0 Å². The van der Waals surface area contributed by atoms with Crippen molar-refractivity contribution >= 4 is 28.4 Å². The van der Waals surface area contributed by atoms with Crippen LogP contribution in [-0.4, -0.2) is 72.1 Å². The number of carbonyl (C=O) groups excluding carboxylic acids is 2. The summed E-state index contributed by atoms with van der Waals surface area (Å²) in [5.41, 5.74) is 4.78. The van der Waals surface area contributed by atoms with E-state index in [2.05, 4.69) is 33.2 Å². The van der Waals surface area contributed by atoms with E-state index in [0.29, 0.717) is 26.1 Å². The van der Waals surface area contributed by atoms with Gasteiger partial charge in [-0.1, -0.05) is 13.8 Å². The molecule has 6 heterocycles. The molecule has 0 spiro atoms. The number of nitrogens with one attached hydrogen (secondary N) is 1. The molecule has 0 bridgehead atoms. The molecular weight excluding hydrogens is 454 g/mol. The molecule has 0 saturated carbocycles. The van der Waals surface area contributed by atoms with Crippen LogP contribution in [-0.2, 0) is 15.0 Å². The largest absolute Gasteiger partial charge is 0.343 e. The second-order valence-corrected chi connectivity index (χ2v) is 10.0. The number of aromatic nitrogens is 5. The summed E-state index contributed by atoms with van der Waals surface area (Å²) in [4.78, 5) is 37.9. The Morgan fingerprint density at radius 3 is 2.86 bits per heavy atom. The lowest BCUT2D eigenvalue weighted by molar-refractivity contribution is -0.143. The molecule has 9 nitrogen and oxygen atoms in total. The summed E-state index contributed by atoms with van der Waals surface area (Å²) in [5, 5.41) is 9.75. The van der Waals surface area contributed by atoms with Gasteiger partial charge in [0.2, 0.25) is 11.8 Å². The van der Waals surface area contributed by atoms with E-state index in [1.807, 2.05) is 42.4 Å². The molecule has 2 aliphatic heterocycles. The highest BCUT2D eigenvalue weighted by atomic mass is 16.2. The molecule has 0 aliphatic carbocycles. The summed E-state index contributed by atoms with van der Waals surface area (Å²) in [6.45, 7) is 6.09. The van der Waals surface area contributed by atoms with E-state index in [0.717, 1.165) is 59.1 Å². The molecule has 0 radical (unpaired) electrons. The number of pyridine rings is 1. The maximum absolute atomic E-state index is 13.5. The fraction of sp³-hybridized carbons (Fsp3) is 0.444. The predicted octanol–water partition coefficient (Wildman–Crippen LogP) is 3.55. The fourth-order valence-corrected chi connectivity index (χ4v) is 6.08. The van der Waals surface area contributed by atoms with Crippen molar-refractivity contribution in [1.29, 1.82) is 0 Å². The summed E-state index contributed by atoms with van der Waals surface area (Å²) in [5.74, 6) is 0.169. The SMILES string of the molecule is CCC(=O)N1CCC[C@@H]1C(=O)N1CCC(CC)(c2cc3c(-c4cnn5ncccc45)ccnc3[nH]2)C1. The lowest BCUT2D eigenvalue weighted by Crippen LogP contribution is -2.47. The average Bonchev–Trinajstić information content (AvgIpc) is 3.71. The first kappa shape index (κ1) is 22.7. The van der Waals surface area contributed by atoms with Gasteiger partial charge in [0.15, 0.2) is 0 Å². The molecule has 9 heteroatoms. The van der Waals surface area contributed by atoms with Gasteiger partial charge in [-0.25, -0.2) is 4.98 Å². The molecule has 1 unspecified atom stereocenters. The van der Waals surface area contributed by atoms with E-state index in [4.69, 9.17) is 0 Å². The van der Waals surface area contributed by atoms with Gasteiger partial charge < -0.3 is 14.8 Å². The Hall–Kier alpha value is -3.75. The van der Waals surface area contributed by atoms with Crippen LogP contribution in [0.15, 0.2) is 42.9 Å². The van der Waals surface area contributed by atoms with Crippen LogP contribution in [0.3, 0.4) is 0 Å². The number of carbonyl (C=O) groups is 2. The third-order valence-corrected chi connectivity index (χ3v) is 8.20. The summed E-state index contributed by atoms with van der Waals surface area (Å²) in [7, 11) is 0. The molecule has 2 aliphatic rings. The number of rotatable bonds is 5. The summed E-state index contributed by atoms with van der Waals surface area (Å²) in [6, 6.07) is 7.84. The Morgan fingerprint density at radius 1 is 1.14 bits per heavy atom. The van der Waals surface area contributed by atoms with Crippen molar-refractivity contribution in [3.05, 3.63) is 48.5 Å². The Kier molecular flexibility index (Phi) is 5.50. The smallest absolute Gasteiger partial charge is 0.245 e. The monoisotopic (exact) mass is 485 g/mol. The number of aromatic amines is 1. The van der Waals surface area contributed by atoms with Crippen LogP contribution in [0.25, 0.3) is 27.7 Å². The topological polar surface area (TPSA) is 99.5 Å². The molecule has 6 rings (SSSR count). The zero-order valence-electron chi connectivity index (χ0n) is 20.8. The molecule has 2 atom stereocenters.